The smallest absolute Gasteiger partial charge is 0.246 e. The third kappa shape index (κ3) is 1.58. The van der Waals surface area contributed by atoms with Gasteiger partial charge in [-0.2, -0.15) is 0 Å². The first-order chi connectivity index (χ1) is 5.27. The van der Waals surface area contributed by atoms with Gasteiger partial charge in [-0.25, -0.2) is 0 Å². The van der Waals surface area contributed by atoms with Gasteiger partial charge in [0.2, 0.25) is 12.3 Å². The number of piperazine rings is 1. The molecule has 0 aromatic rings. The summed E-state index contributed by atoms with van der Waals surface area (Å²) in [7, 11) is 0. The van der Waals surface area contributed by atoms with Crippen LogP contribution in [0.25, 0.3) is 0 Å². The van der Waals surface area contributed by atoms with Crippen molar-refractivity contribution in [3.05, 3.63) is 12.8 Å². The van der Waals surface area contributed by atoms with Crippen LogP contribution in [-0.4, -0.2) is 41.8 Å². The zero-order valence-corrected chi connectivity index (χ0v) is 6.19. The highest BCUT2D eigenvalue weighted by Crippen LogP contribution is 2.00. The zero-order chi connectivity index (χ0) is 8.27. The maximum atomic E-state index is 11.0. The Bertz CT molecular complexity index is 191. The Labute approximate surface area is 65.1 Å². The van der Waals surface area contributed by atoms with Gasteiger partial charge in [0, 0.05) is 13.1 Å². The zero-order valence-electron chi connectivity index (χ0n) is 6.19. The summed E-state index contributed by atoms with van der Waals surface area (Å²) in [6.45, 7) is 4.82. The van der Waals surface area contributed by atoms with Crippen molar-refractivity contribution in [2.75, 3.05) is 19.6 Å². The van der Waals surface area contributed by atoms with Crippen LogP contribution in [0, 0.1) is 0 Å². The van der Waals surface area contributed by atoms with Gasteiger partial charge in [0.1, 0.15) is 0 Å². The number of carbonyl (C=O) groups is 2. The Morgan fingerprint density at radius 1 is 1.45 bits per heavy atom. The molecule has 1 heterocycles. The molecule has 1 rings (SSSR count). The predicted octanol–water partition coefficient (Wildman–Crippen LogP) is -0.570. The monoisotopic (exact) mass is 154 g/mol. The molecule has 0 atom stereocenters. The minimum atomic E-state index is -0.0710. The Hall–Kier alpha value is -1.32. The SMILES string of the molecule is C=CN1CCN(C=O)CC1=O. The lowest BCUT2D eigenvalue weighted by Crippen LogP contribution is -2.47. The van der Waals surface area contributed by atoms with Crippen molar-refractivity contribution in [2.45, 2.75) is 0 Å². The number of hydrogen-bond acceptors (Lipinski definition) is 2. The molecule has 0 aromatic carbocycles. The van der Waals surface area contributed by atoms with E-state index in [0.29, 0.717) is 19.5 Å². The Morgan fingerprint density at radius 2 is 2.18 bits per heavy atom. The number of nitrogens with zero attached hydrogens (tertiary/aromatic N) is 2. The van der Waals surface area contributed by atoms with Crippen LogP contribution >= 0.6 is 0 Å². The first kappa shape index (κ1) is 7.78. The van der Waals surface area contributed by atoms with Crippen molar-refractivity contribution in [3.63, 3.8) is 0 Å². The number of amides is 2. The average Bonchev–Trinajstić information content (AvgIpc) is 2.04. The van der Waals surface area contributed by atoms with E-state index in [2.05, 4.69) is 6.58 Å². The fraction of sp³-hybridized carbons (Fsp3) is 0.429. The summed E-state index contributed by atoms with van der Waals surface area (Å²) in [6, 6.07) is 0. The van der Waals surface area contributed by atoms with Crippen LogP contribution in [0.3, 0.4) is 0 Å². The van der Waals surface area contributed by atoms with Crippen molar-refractivity contribution in [2.24, 2.45) is 0 Å². The van der Waals surface area contributed by atoms with E-state index in [-0.39, 0.29) is 12.5 Å². The molecule has 0 bridgehead atoms. The molecule has 1 aliphatic rings. The summed E-state index contributed by atoms with van der Waals surface area (Å²) in [4.78, 5) is 24.2. The summed E-state index contributed by atoms with van der Waals surface area (Å²) < 4.78 is 0. The van der Waals surface area contributed by atoms with Crippen molar-refractivity contribution in [3.8, 4) is 0 Å². The Morgan fingerprint density at radius 3 is 2.64 bits per heavy atom. The number of carbonyl (C=O) groups excluding carboxylic acids is 2. The molecule has 1 fully saturated rings. The van der Waals surface area contributed by atoms with Crippen LogP contribution in [0.1, 0.15) is 0 Å². The molecule has 0 aromatic heterocycles. The van der Waals surface area contributed by atoms with Gasteiger partial charge in [-0.3, -0.25) is 9.59 Å². The van der Waals surface area contributed by atoms with Gasteiger partial charge in [-0.15, -0.1) is 0 Å². The highest BCUT2D eigenvalue weighted by atomic mass is 16.2. The Balaban J connectivity index is 2.53. The molecular formula is C7H10N2O2. The van der Waals surface area contributed by atoms with Gasteiger partial charge < -0.3 is 9.80 Å². The topological polar surface area (TPSA) is 40.6 Å². The molecule has 4 nitrogen and oxygen atoms in total. The normalized spacial score (nSPS) is 18.4. The highest BCUT2D eigenvalue weighted by molar-refractivity contribution is 5.81. The van der Waals surface area contributed by atoms with Crippen LogP contribution < -0.4 is 0 Å². The number of rotatable bonds is 2. The number of hydrogen-bond donors (Lipinski definition) is 0. The van der Waals surface area contributed by atoms with Crippen molar-refractivity contribution in [1.82, 2.24) is 9.80 Å². The minimum Gasteiger partial charge on any atom is -0.334 e. The van der Waals surface area contributed by atoms with Gasteiger partial charge in [0.15, 0.2) is 0 Å². The summed E-state index contributed by atoms with van der Waals surface area (Å²) in [6.07, 6.45) is 2.18. The van der Waals surface area contributed by atoms with Crippen molar-refractivity contribution in [1.29, 1.82) is 0 Å². The molecule has 1 aliphatic heterocycles. The standard InChI is InChI=1S/C7H10N2O2/c1-2-9-4-3-8(6-10)5-7(9)11/h2,6H,1,3-5H2. The quantitative estimate of drug-likeness (QED) is 0.500. The second kappa shape index (κ2) is 3.18. The van der Waals surface area contributed by atoms with Crippen molar-refractivity contribution < 1.29 is 9.59 Å². The third-order valence-electron chi connectivity index (χ3n) is 1.66. The van der Waals surface area contributed by atoms with Crippen LogP contribution in [0.5, 0.6) is 0 Å². The molecule has 0 unspecified atom stereocenters. The second-order valence-electron chi connectivity index (χ2n) is 2.35. The fourth-order valence-corrected chi connectivity index (χ4v) is 0.988. The molecule has 0 saturated carbocycles. The van der Waals surface area contributed by atoms with Gasteiger partial charge in [-0.05, 0) is 6.20 Å². The summed E-state index contributed by atoms with van der Waals surface area (Å²) in [5, 5.41) is 0. The molecule has 4 heteroatoms. The van der Waals surface area contributed by atoms with Gasteiger partial charge >= 0.3 is 0 Å². The van der Waals surface area contributed by atoms with Gasteiger partial charge in [0.05, 0.1) is 6.54 Å². The summed E-state index contributed by atoms with van der Waals surface area (Å²) in [5.41, 5.74) is 0. The third-order valence-corrected chi connectivity index (χ3v) is 1.66. The van der Waals surface area contributed by atoms with Crippen molar-refractivity contribution >= 4 is 12.3 Å². The molecule has 0 radical (unpaired) electrons. The predicted molar refractivity (Wildman–Crippen MR) is 39.5 cm³/mol. The van der Waals surface area contributed by atoms with E-state index in [0.717, 1.165) is 0 Å². The van der Waals surface area contributed by atoms with Crippen LogP contribution in [-0.2, 0) is 9.59 Å². The molecule has 0 aliphatic carbocycles. The minimum absolute atomic E-state index is 0.0710. The van der Waals surface area contributed by atoms with Crippen LogP contribution in [0.15, 0.2) is 12.8 Å². The van der Waals surface area contributed by atoms with Crippen LogP contribution in [0.2, 0.25) is 0 Å². The van der Waals surface area contributed by atoms with E-state index in [9.17, 15) is 9.59 Å². The fourth-order valence-electron chi connectivity index (χ4n) is 0.988. The summed E-state index contributed by atoms with van der Waals surface area (Å²) in [5.74, 6) is -0.0710. The largest absolute Gasteiger partial charge is 0.334 e. The lowest BCUT2D eigenvalue weighted by Gasteiger charge is -2.29. The lowest BCUT2D eigenvalue weighted by molar-refractivity contribution is -0.137. The van der Waals surface area contributed by atoms with E-state index < -0.39 is 0 Å². The van der Waals surface area contributed by atoms with E-state index in [1.807, 2.05) is 0 Å². The van der Waals surface area contributed by atoms with Crippen LogP contribution in [0.4, 0.5) is 0 Å². The summed E-state index contributed by atoms with van der Waals surface area (Å²) >= 11 is 0. The molecule has 1 saturated heterocycles. The molecule has 60 valence electrons. The van der Waals surface area contributed by atoms with Gasteiger partial charge in [0.25, 0.3) is 0 Å². The van der Waals surface area contributed by atoms with E-state index >= 15 is 0 Å². The Kier molecular flexibility index (Phi) is 2.25. The van der Waals surface area contributed by atoms with Gasteiger partial charge in [-0.1, -0.05) is 6.58 Å². The maximum Gasteiger partial charge on any atom is 0.246 e. The molecule has 2 amide bonds. The second-order valence-corrected chi connectivity index (χ2v) is 2.35. The lowest BCUT2D eigenvalue weighted by atomic mass is 10.3. The van der Waals surface area contributed by atoms with E-state index in [1.54, 1.807) is 0 Å². The molecule has 11 heavy (non-hydrogen) atoms. The van der Waals surface area contributed by atoms with E-state index in [4.69, 9.17) is 0 Å². The molecule has 0 N–H and O–H groups in total. The maximum absolute atomic E-state index is 11.0. The highest BCUT2D eigenvalue weighted by Gasteiger charge is 2.19. The van der Waals surface area contributed by atoms with E-state index in [1.165, 1.54) is 16.0 Å². The first-order valence-electron chi connectivity index (χ1n) is 3.39. The molecule has 0 spiro atoms. The average molecular weight is 154 g/mol. The first-order valence-corrected chi connectivity index (χ1v) is 3.39. The molecular weight excluding hydrogens is 144 g/mol.